The molecule has 0 aromatic rings. The highest BCUT2D eigenvalue weighted by atomic mass is 19.4. The molecule has 0 aliphatic carbocycles. The summed E-state index contributed by atoms with van der Waals surface area (Å²) in [6.07, 6.45) is -3.60. The van der Waals surface area contributed by atoms with Crippen molar-refractivity contribution in [2.75, 3.05) is 32.7 Å². The molecule has 1 saturated heterocycles. The predicted octanol–water partition coefficient (Wildman–Crippen LogP) is 1.67. The molecule has 1 N–H and O–H groups in total. The summed E-state index contributed by atoms with van der Waals surface area (Å²) in [4.78, 5) is 14.7. The number of nitrogens with one attached hydrogen (secondary N) is 1. The van der Waals surface area contributed by atoms with Crippen molar-refractivity contribution in [3.63, 3.8) is 0 Å². The van der Waals surface area contributed by atoms with E-state index in [2.05, 4.69) is 5.32 Å². The Morgan fingerprint density at radius 2 is 2.00 bits per heavy atom. The molecule has 4 nitrogen and oxygen atoms in total. The van der Waals surface area contributed by atoms with Crippen molar-refractivity contribution < 1.29 is 18.0 Å². The molecule has 0 spiro atoms. The van der Waals surface area contributed by atoms with Gasteiger partial charge in [-0.25, -0.2) is 4.79 Å². The average Bonchev–Trinajstić information content (AvgIpc) is 2.64. The lowest BCUT2D eigenvalue weighted by molar-refractivity contribution is -0.143. The number of rotatable bonds is 4. The monoisotopic (exact) mass is 267 g/mol. The van der Waals surface area contributed by atoms with E-state index >= 15 is 0 Å². The fourth-order valence-electron chi connectivity index (χ4n) is 2.12. The molecule has 0 saturated carbocycles. The van der Waals surface area contributed by atoms with Crippen LogP contribution in [-0.4, -0.2) is 60.8 Å². The molecule has 1 aliphatic rings. The third-order valence-electron chi connectivity index (χ3n) is 3.05. The third kappa shape index (κ3) is 4.72. The van der Waals surface area contributed by atoms with E-state index in [1.54, 1.807) is 4.90 Å². The summed E-state index contributed by atoms with van der Waals surface area (Å²) >= 11 is 0. The summed E-state index contributed by atoms with van der Waals surface area (Å²) in [6, 6.07) is -0.376. The normalized spacial score (nSPS) is 21.1. The van der Waals surface area contributed by atoms with Crippen molar-refractivity contribution >= 4 is 6.03 Å². The van der Waals surface area contributed by atoms with E-state index < -0.39 is 12.7 Å². The van der Waals surface area contributed by atoms with Crippen LogP contribution < -0.4 is 5.32 Å². The van der Waals surface area contributed by atoms with Gasteiger partial charge >= 0.3 is 12.2 Å². The largest absolute Gasteiger partial charge is 0.401 e. The van der Waals surface area contributed by atoms with Gasteiger partial charge in [-0.1, -0.05) is 0 Å². The topological polar surface area (TPSA) is 35.6 Å². The number of amides is 2. The molecular weight excluding hydrogens is 247 g/mol. The summed E-state index contributed by atoms with van der Waals surface area (Å²) in [6.45, 7) is 4.68. The number of hydrogen-bond donors (Lipinski definition) is 1. The van der Waals surface area contributed by atoms with Crippen molar-refractivity contribution in [2.24, 2.45) is 0 Å². The van der Waals surface area contributed by atoms with Gasteiger partial charge in [-0.15, -0.1) is 0 Å². The van der Waals surface area contributed by atoms with Crippen LogP contribution in [0.2, 0.25) is 0 Å². The first kappa shape index (κ1) is 15.1. The molecule has 1 rings (SSSR count). The second-order valence-electron chi connectivity index (χ2n) is 4.46. The van der Waals surface area contributed by atoms with Crippen molar-refractivity contribution in [3.8, 4) is 0 Å². The molecule has 0 aromatic carbocycles. The minimum absolute atomic E-state index is 0.180. The van der Waals surface area contributed by atoms with E-state index in [-0.39, 0.29) is 18.6 Å². The Balaban J connectivity index is 2.36. The minimum Gasteiger partial charge on any atom is -0.334 e. The van der Waals surface area contributed by atoms with Crippen molar-refractivity contribution in [1.29, 1.82) is 0 Å². The van der Waals surface area contributed by atoms with Gasteiger partial charge in [-0.2, -0.15) is 13.2 Å². The molecule has 0 bridgehead atoms. The molecule has 106 valence electrons. The Hall–Kier alpha value is -0.980. The van der Waals surface area contributed by atoms with Gasteiger partial charge in [0.15, 0.2) is 0 Å². The van der Waals surface area contributed by atoms with Crippen LogP contribution in [0.5, 0.6) is 0 Å². The fourth-order valence-corrected chi connectivity index (χ4v) is 2.12. The summed E-state index contributed by atoms with van der Waals surface area (Å²) in [5.74, 6) is 0. The van der Waals surface area contributed by atoms with Gasteiger partial charge in [-0.05, 0) is 20.3 Å². The maximum atomic E-state index is 12.2. The van der Waals surface area contributed by atoms with E-state index in [1.165, 1.54) is 4.90 Å². The number of alkyl halides is 3. The van der Waals surface area contributed by atoms with Gasteiger partial charge in [-0.3, -0.25) is 4.90 Å². The molecule has 1 unspecified atom stereocenters. The Morgan fingerprint density at radius 3 is 2.50 bits per heavy atom. The third-order valence-corrected chi connectivity index (χ3v) is 3.05. The number of hydrogen-bond acceptors (Lipinski definition) is 2. The highest BCUT2D eigenvalue weighted by Gasteiger charge is 2.34. The lowest BCUT2D eigenvalue weighted by atomic mass is 10.3. The second kappa shape index (κ2) is 6.26. The van der Waals surface area contributed by atoms with E-state index in [4.69, 9.17) is 0 Å². The van der Waals surface area contributed by atoms with E-state index in [0.29, 0.717) is 26.1 Å². The number of nitrogens with zero attached hydrogens (tertiary/aromatic N) is 2. The van der Waals surface area contributed by atoms with Crippen LogP contribution in [0.1, 0.15) is 20.3 Å². The van der Waals surface area contributed by atoms with E-state index in [1.807, 2.05) is 13.8 Å². The first-order chi connectivity index (χ1) is 8.35. The Labute approximate surface area is 105 Å². The van der Waals surface area contributed by atoms with Crippen molar-refractivity contribution in [3.05, 3.63) is 0 Å². The standard InChI is InChI=1S/C11H20F3N3O/c1-3-17(4-2)10(18)15-9-5-6-16(7-9)8-11(12,13)14/h9H,3-8H2,1-2H3,(H,15,18). The van der Waals surface area contributed by atoms with Gasteiger partial charge in [0.25, 0.3) is 0 Å². The second-order valence-corrected chi connectivity index (χ2v) is 4.46. The first-order valence-electron chi connectivity index (χ1n) is 6.20. The number of carbonyl (C=O) groups is 1. The van der Waals surface area contributed by atoms with Crippen LogP contribution >= 0.6 is 0 Å². The van der Waals surface area contributed by atoms with Crippen molar-refractivity contribution in [1.82, 2.24) is 15.1 Å². The van der Waals surface area contributed by atoms with Crippen LogP contribution in [0.15, 0.2) is 0 Å². The molecule has 2 amide bonds. The van der Waals surface area contributed by atoms with Crippen LogP contribution in [0.25, 0.3) is 0 Å². The van der Waals surface area contributed by atoms with Gasteiger partial charge in [0, 0.05) is 32.2 Å². The van der Waals surface area contributed by atoms with E-state index in [0.717, 1.165) is 0 Å². The average molecular weight is 267 g/mol. The maximum absolute atomic E-state index is 12.2. The molecule has 0 radical (unpaired) electrons. The molecule has 1 fully saturated rings. The Kier molecular flexibility index (Phi) is 5.25. The summed E-state index contributed by atoms with van der Waals surface area (Å²) in [7, 11) is 0. The Morgan fingerprint density at radius 1 is 1.39 bits per heavy atom. The smallest absolute Gasteiger partial charge is 0.334 e. The number of likely N-dealkylation sites (tertiary alicyclic amines) is 1. The highest BCUT2D eigenvalue weighted by Crippen LogP contribution is 2.19. The fraction of sp³-hybridized carbons (Fsp3) is 0.909. The molecule has 1 atom stereocenters. The van der Waals surface area contributed by atoms with Gasteiger partial charge in [0.1, 0.15) is 0 Å². The van der Waals surface area contributed by atoms with Crippen molar-refractivity contribution in [2.45, 2.75) is 32.5 Å². The summed E-state index contributed by atoms with van der Waals surface area (Å²) in [5, 5.41) is 2.77. The Bertz CT molecular complexity index is 279. The van der Waals surface area contributed by atoms with Crippen LogP contribution in [0.4, 0.5) is 18.0 Å². The number of carbonyl (C=O) groups excluding carboxylic acids is 1. The number of halogens is 3. The predicted molar refractivity (Wildman–Crippen MR) is 62.4 cm³/mol. The lowest BCUT2D eigenvalue weighted by Crippen LogP contribution is -2.46. The molecule has 7 heteroatoms. The highest BCUT2D eigenvalue weighted by molar-refractivity contribution is 5.74. The van der Waals surface area contributed by atoms with Crippen LogP contribution in [0.3, 0.4) is 0 Å². The SMILES string of the molecule is CCN(CC)C(=O)NC1CCN(CC(F)(F)F)C1. The minimum atomic E-state index is -4.17. The molecule has 0 aromatic heterocycles. The molecule has 1 heterocycles. The quantitative estimate of drug-likeness (QED) is 0.841. The van der Waals surface area contributed by atoms with Gasteiger partial charge in [0.2, 0.25) is 0 Å². The van der Waals surface area contributed by atoms with E-state index in [9.17, 15) is 18.0 Å². The zero-order chi connectivity index (χ0) is 13.8. The lowest BCUT2D eigenvalue weighted by Gasteiger charge is -2.22. The first-order valence-corrected chi connectivity index (χ1v) is 6.20. The van der Waals surface area contributed by atoms with Crippen LogP contribution in [-0.2, 0) is 0 Å². The molecule has 1 aliphatic heterocycles. The van der Waals surface area contributed by atoms with Gasteiger partial charge in [0.05, 0.1) is 6.54 Å². The zero-order valence-corrected chi connectivity index (χ0v) is 10.8. The van der Waals surface area contributed by atoms with Gasteiger partial charge < -0.3 is 10.2 Å². The summed E-state index contributed by atoms with van der Waals surface area (Å²) < 4.78 is 36.6. The summed E-state index contributed by atoms with van der Waals surface area (Å²) in [5.41, 5.74) is 0. The number of urea groups is 1. The maximum Gasteiger partial charge on any atom is 0.401 e. The zero-order valence-electron chi connectivity index (χ0n) is 10.8. The molecule has 18 heavy (non-hydrogen) atoms. The van der Waals surface area contributed by atoms with Crippen LogP contribution in [0, 0.1) is 0 Å². The molecular formula is C11H20F3N3O.